The fourth-order valence-electron chi connectivity index (χ4n) is 1.62. The number of halogens is 1. The molecule has 0 fully saturated rings. The summed E-state index contributed by atoms with van der Waals surface area (Å²) in [4.78, 5) is 0. The molecule has 2 aromatic rings. The Balaban J connectivity index is 1.67. The lowest BCUT2D eigenvalue weighted by atomic mass is 10.2. The molecule has 20 heavy (non-hydrogen) atoms. The smallest absolute Gasteiger partial charge is 0.126 e. The van der Waals surface area contributed by atoms with Crippen molar-refractivity contribution in [2.75, 3.05) is 13.2 Å². The van der Waals surface area contributed by atoms with Gasteiger partial charge in [-0.2, -0.15) is 5.26 Å². The monoisotopic (exact) mass is 271 g/mol. The maximum atomic E-state index is 12.9. The molecule has 4 heteroatoms. The molecule has 0 aliphatic carbocycles. The largest absolute Gasteiger partial charge is 0.493 e. The first-order valence-electron chi connectivity index (χ1n) is 6.29. The molecule has 3 nitrogen and oxygen atoms in total. The second kappa shape index (κ2) is 7.15. The molecule has 0 spiro atoms. The SMILES string of the molecule is N#Cc1ccc(OCCCOc2cccc(F)c2)cc1. The summed E-state index contributed by atoms with van der Waals surface area (Å²) in [7, 11) is 0. The van der Waals surface area contributed by atoms with E-state index in [1.165, 1.54) is 12.1 Å². The van der Waals surface area contributed by atoms with Crippen molar-refractivity contribution >= 4 is 0 Å². The highest BCUT2D eigenvalue weighted by atomic mass is 19.1. The average Bonchev–Trinajstić information content (AvgIpc) is 2.48. The number of benzene rings is 2. The van der Waals surface area contributed by atoms with Crippen LogP contribution in [0.25, 0.3) is 0 Å². The Bertz CT molecular complexity index is 590. The van der Waals surface area contributed by atoms with Crippen molar-refractivity contribution in [3.05, 3.63) is 59.9 Å². The van der Waals surface area contributed by atoms with Crippen LogP contribution in [0, 0.1) is 17.1 Å². The molecular weight excluding hydrogens is 257 g/mol. The summed E-state index contributed by atoms with van der Waals surface area (Å²) in [6.45, 7) is 0.959. The maximum Gasteiger partial charge on any atom is 0.126 e. The molecule has 0 radical (unpaired) electrons. The van der Waals surface area contributed by atoms with Crippen LogP contribution in [0.5, 0.6) is 11.5 Å². The lowest BCUT2D eigenvalue weighted by Gasteiger charge is -2.08. The topological polar surface area (TPSA) is 42.2 Å². The Morgan fingerprint density at radius 3 is 2.30 bits per heavy atom. The third kappa shape index (κ3) is 4.29. The van der Waals surface area contributed by atoms with Crippen molar-refractivity contribution in [1.82, 2.24) is 0 Å². The van der Waals surface area contributed by atoms with Crippen molar-refractivity contribution < 1.29 is 13.9 Å². The van der Waals surface area contributed by atoms with Crippen LogP contribution >= 0.6 is 0 Å². The van der Waals surface area contributed by atoms with Gasteiger partial charge in [-0.15, -0.1) is 0 Å². The maximum absolute atomic E-state index is 12.9. The highest BCUT2D eigenvalue weighted by molar-refractivity contribution is 5.34. The van der Waals surface area contributed by atoms with Crippen LogP contribution in [0.1, 0.15) is 12.0 Å². The first-order valence-corrected chi connectivity index (χ1v) is 6.29. The number of ether oxygens (including phenoxy) is 2. The molecule has 0 saturated heterocycles. The van der Waals surface area contributed by atoms with E-state index in [2.05, 4.69) is 0 Å². The van der Waals surface area contributed by atoms with Gasteiger partial charge >= 0.3 is 0 Å². The zero-order chi connectivity index (χ0) is 14.2. The molecule has 0 aromatic heterocycles. The van der Waals surface area contributed by atoms with Gasteiger partial charge in [-0.1, -0.05) is 6.07 Å². The minimum absolute atomic E-state index is 0.309. The van der Waals surface area contributed by atoms with Crippen LogP contribution in [-0.2, 0) is 0 Å². The van der Waals surface area contributed by atoms with Crippen molar-refractivity contribution in [3.8, 4) is 17.6 Å². The third-order valence-corrected chi connectivity index (χ3v) is 2.61. The molecule has 0 saturated carbocycles. The Labute approximate surface area is 117 Å². The van der Waals surface area contributed by atoms with Crippen LogP contribution in [0.4, 0.5) is 4.39 Å². The lowest BCUT2D eigenvalue weighted by Crippen LogP contribution is -2.05. The molecule has 102 valence electrons. The Hall–Kier alpha value is -2.54. The average molecular weight is 271 g/mol. The zero-order valence-electron chi connectivity index (χ0n) is 10.9. The fourth-order valence-corrected chi connectivity index (χ4v) is 1.62. The van der Waals surface area contributed by atoms with E-state index in [1.807, 2.05) is 6.07 Å². The predicted octanol–water partition coefficient (Wildman–Crippen LogP) is 3.55. The summed E-state index contributed by atoms with van der Waals surface area (Å²) in [5.41, 5.74) is 0.604. The third-order valence-electron chi connectivity index (χ3n) is 2.61. The summed E-state index contributed by atoms with van der Waals surface area (Å²) in [6, 6.07) is 15.0. The summed E-state index contributed by atoms with van der Waals surface area (Å²) in [5.74, 6) is 0.925. The summed E-state index contributed by atoms with van der Waals surface area (Å²) < 4.78 is 23.8. The molecule has 0 bridgehead atoms. The van der Waals surface area contributed by atoms with E-state index in [9.17, 15) is 4.39 Å². The quantitative estimate of drug-likeness (QED) is 0.754. The van der Waals surface area contributed by atoms with Crippen molar-refractivity contribution in [2.24, 2.45) is 0 Å². The van der Waals surface area contributed by atoms with Crippen molar-refractivity contribution in [1.29, 1.82) is 5.26 Å². The Kier molecular flexibility index (Phi) is 4.96. The van der Waals surface area contributed by atoms with Gasteiger partial charge in [-0.3, -0.25) is 0 Å². The number of nitriles is 1. The highest BCUT2D eigenvalue weighted by Gasteiger charge is 1.97. The molecule has 0 N–H and O–H groups in total. The van der Waals surface area contributed by atoms with E-state index in [4.69, 9.17) is 14.7 Å². The minimum Gasteiger partial charge on any atom is -0.493 e. The lowest BCUT2D eigenvalue weighted by molar-refractivity contribution is 0.247. The second-order valence-corrected chi connectivity index (χ2v) is 4.14. The zero-order valence-corrected chi connectivity index (χ0v) is 10.9. The summed E-state index contributed by atoms with van der Waals surface area (Å²) >= 11 is 0. The van der Waals surface area contributed by atoms with Gasteiger partial charge in [0, 0.05) is 12.5 Å². The van der Waals surface area contributed by atoms with Gasteiger partial charge in [0.15, 0.2) is 0 Å². The van der Waals surface area contributed by atoms with Crippen LogP contribution in [0.3, 0.4) is 0 Å². The molecule has 2 aromatic carbocycles. The molecule has 2 rings (SSSR count). The molecular formula is C16H14FNO2. The highest BCUT2D eigenvalue weighted by Crippen LogP contribution is 2.13. The Morgan fingerprint density at radius 1 is 0.950 bits per heavy atom. The fraction of sp³-hybridized carbons (Fsp3) is 0.188. The standard InChI is InChI=1S/C16H14FNO2/c17-14-3-1-4-16(11-14)20-10-2-9-19-15-7-5-13(12-18)6-8-15/h1,3-8,11H,2,9-10H2. The van der Waals surface area contributed by atoms with Gasteiger partial charge < -0.3 is 9.47 Å². The van der Waals surface area contributed by atoms with Gasteiger partial charge in [0.25, 0.3) is 0 Å². The van der Waals surface area contributed by atoms with Crippen molar-refractivity contribution in [3.63, 3.8) is 0 Å². The molecule has 0 aliphatic heterocycles. The molecule has 0 heterocycles. The number of nitrogens with zero attached hydrogens (tertiary/aromatic N) is 1. The molecule has 0 atom stereocenters. The van der Waals surface area contributed by atoms with Crippen LogP contribution in [-0.4, -0.2) is 13.2 Å². The van der Waals surface area contributed by atoms with Gasteiger partial charge in [-0.25, -0.2) is 4.39 Å². The molecule has 0 aliphatic rings. The van der Waals surface area contributed by atoms with E-state index >= 15 is 0 Å². The van der Waals surface area contributed by atoms with E-state index in [0.717, 1.165) is 5.75 Å². The normalized spacial score (nSPS) is 9.80. The van der Waals surface area contributed by atoms with Gasteiger partial charge in [0.1, 0.15) is 17.3 Å². The predicted molar refractivity (Wildman–Crippen MR) is 73.2 cm³/mol. The minimum atomic E-state index is -0.309. The first-order chi connectivity index (χ1) is 9.78. The van der Waals surface area contributed by atoms with E-state index < -0.39 is 0 Å². The van der Waals surface area contributed by atoms with Gasteiger partial charge in [0.05, 0.1) is 24.8 Å². The van der Waals surface area contributed by atoms with Gasteiger partial charge in [-0.05, 0) is 36.4 Å². The van der Waals surface area contributed by atoms with Crippen LogP contribution < -0.4 is 9.47 Å². The number of hydrogen-bond acceptors (Lipinski definition) is 3. The van der Waals surface area contributed by atoms with E-state index in [0.29, 0.717) is 30.9 Å². The van der Waals surface area contributed by atoms with Gasteiger partial charge in [0.2, 0.25) is 0 Å². The van der Waals surface area contributed by atoms with E-state index in [-0.39, 0.29) is 5.82 Å². The first kappa shape index (κ1) is 13.9. The number of hydrogen-bond donors (Lipinski definition) is 0. The molecule has 0 amide bonds. The van der Waals surface area contributed by atoms with Crippen LogP contribution in [0.15, 0.2) is 48.5 Å². The summed E-state index contributed by atoms with van der Waals surface area (Å²) in [5, 5.41) is 8.67. The number of rotatable bonds is 6. The van der Waals surface area contributed by atoms with Crippen LogP contribution in [0.2, 0.25) is 0 Å². The Morgan fingerprint density at radius 2 is 1.65 bits per heavy atom. The summed E-state index contributed by atoms with van der Waals surface area (Å²) in [6.07, 6.45) is 0.691. The second-order valence-electron chi connectivity index (χ2n) is 4.14. The molecule has 0 unspecified atom stereocenters. The van der Waals surface area contributed by atoms with Crippen molar-refractivity contribution in [2.45, 2.75) is 6.42 Å². The van der Waals surface area contributed by atoms with E-state index in [1.54, 1.807) is 36.4 Å².